The molecule has 8 heteroatoms. The fourth-order valence-corrected chi connectivity index (χ4v) is 2.79. The first kappa shape index (κ1) is 19.1. The second kappa shape index (κ2) is 5.92. The first-order valence-corrected chi connectivity index (χ1v) is 7.18. The Kier molecular flexibility index (Phi) is 5.14. The second-order valence-electron chi connectivity index (χ2n) is 6.05. The van der Waals surface area contributed by atoms with Crippen molar-refractivity contribution >= 4 is 5.97 Å². The number of ether oxygens (including phenoxy) is 1. The zero-order valence-electron chi connectivity index (χ0n) is 12.7. The topological polar surface area (TPSA) is 26.3 Å². The number of rotatable bonds is 4. The van der Waals surface area contributed by atoms with Crippen LogP contribution in [0.25, 0.3) is 0 Å². The quantitative estimate of drug-likeness (QED) is 0.533. The summed E-state index contributed by atoms with van der Waals surface area (Å²) < 4.78 is 84.8. The molecule has 0 aromatic rings. The molecule has 0 bridgehead atoms. The summed E-state index contributed by atoms with van der Waals surface area (Å²) in [5, 5.41) is 0. The maximum atomic E-state index is 13.3. The molecule has 22 heavy (non-hydrogen) atoms. The number of carbonyl (C=O) groups is 1. The average molecular weight is 334 g/mol. The van der Waals surface area contributed by atoms with Gasteiger partial charge in [0.1, 0.15) is 5.60 Å². The molecule has 1 saturated carbocycles. The molecule has 0 amide bonds. The molecule has 1 aliphatic carbocycles. The highest BCUT2D eigenvalue weighted by Gasteiger charge is 2.78. The molecule has 1 fully saturated rings. The van der Waals surface area contributed by atoms with E-state index in [1.807, 2.05) is 0 Å². The van der Waals surface area contributed by atoms with Crippen molar-refractivity contribution in [1.82, 2.24) is 0 Å². The summed E-state index contributed by atoms with van der Waals surface area (Å²) in [6.07, 6.45) is -11.4. The van der Waals surface area contributed by atoms with Gasteiger partial charge in [0, 0.05) is 0 Å². The molecule has 0 N–H and O–H groups in total. The van der Waals surface area contributed by atoms with Gasteiger partial charge in [0.15, 0.2) is 5.41 Å². The molecule has 1 unspecified atom stereocenters. The van der Waals surface area contributed by atoms with Crippen LogP contribution < -0.4 is 0 Å². The Morgan fingerprint density at radius 3 is 1.82 bits per heavy atom. The maximum absolute atomic E-state index is 13.3. The van der Waals surface area contributed by atoms with E-state index in [9.17, 15) is 31.1 Å². The van der Waals surface area contributed by atoms with Crippen LogP contribution in [0.1, 0.15) is 52.9 Å². The summed E-state index contributed by atoms with van der Waals surface area (Å²) in [7, 11) is 0. The summed E-state index contributed by atoms with van der Waals surface area (Å²) in [6.45, 7) is 3.13. The lowest BCUT2D eigenvalue weighted by atomic mass is 9.70. The average Bonchev–Trinajstić information content (AvgIpc) is 2.83. The Balaban J connectivity index is 3.35. The van der Waals surface area contributed by atoms with Crippen molar-refractivity contribution < 1.29 is 35.9 Å². The molecule has 0 saturated heterocycles. The Morgan fingerprint density at radius 1 is 1.09 bits per heavy atom. The predicted molar refractivity (Wildman–Crippen MR) is 67.0 cm³/mol. The highest BCUT2D eigenvalue weighted by molar-refractivity contribution is 5.72. The third-order valence-corrected chi connectivity index (χ3v) is 4.77. The van der Waals surface area contributed by atoms with Gasteiger partial charge in [-0.15, -0.1) is 0 Å². The minimum absolute atomic E-state index is 0.0994. The van der Waals surface area contributed by atoms with E-state index in [0.29, 0.717) is 0 Å². The molecule has 1 rings (SSSR count). The number of halogens is 6. The van der Waals surface area contributed by atoms with E-state index in [-0.39, 0.29) is 26.2 Å². The van der Waals surface area contributed by atoms with Gasteiger partial charge < -0.3 is 4.74 Å². The molecule has 1 atom stereocenters. The van der Waals surface area contributed by atoms with Crippen LogP contribution in [0.5, 0.6) is 0 Å². The van der Waals surface area contributed by atoms with E-state index >= 15 is 0 Å². The van der Waals surface area contributed by atoms with E-state index in [0.717, 1.165) is 0 Å². The number of hydrogen-bond donors (Lipinski definition) is 0. The van der Waals surface area contributed by atoms with Crippen LogP contribution in [0.2, 0.25) is 0 Å². The van der Waals surface area contributed by atoms with Crippen molar-refractivity contribution in [2.24, 2.45) is 11.3 Å². The molecule has 1 aliphatic rings. The second-order valence-corrected chi connectivity index (χ2v) is 6.05. The Morgan fingerprint density at radius 2 is 1.50 bits per heavy atom. The van der Waals surface area contributed by atoms with Crippen molar-refractivity contribution in [1.29, 1.82) is 0 Å². The molecule has 130 valence electrons. The van der Waals surface area contributed by atoms with Gasteiger partial charge in [0.05, 0.1) is 5.92 Å². The zero-order chi connectivity index (χ0) is 17.4. The molecule has 0 aromatic carbocycles. The molecular formula is C14H20F6O2. The monoisotopic (exact) mass is 334 g/mol. The summed E-state index contributed by atoms with van der Waals surface area (Å²) in [4.78, 5) is 11.9. The Hall–Kier alpha value is -0.950. The minimum Gasteiger partial charge on any atom is -0.458 e. The van der Waals surface area contributed by atoms with E-state index < -0.39 is 48.1 Å². The van der Waals surface area contributed by atoms with Crippen LogP contribution in [0.15, 0.2) is 0 Å². The van der Waals surface area contributed by atoms with Crippen LogP contribution in [-0.2, 0) is 9.53 Å². The predicted octanol–water partition coefficient (Wildman–Crippen LogP) is 5.02. The number of hydrogen-bond acceptors (Lipinski definition) is 2. The minimum atomic E-state index is -5.56. The Labute approximate surface area is 125 Å². The van der Waals surface area contributed by atoms with Crippen LogP contribution in [0.3, 0.4) is 0 Å². The third kappa shape index (κ3) is 2.93. The van der Waals surface area contributed by atoms with Gasteiger partial charge in [-0.1, -0.05) is 13.8 Å². The van der Waals surface area contributed by atoms with Crippen molar-refractivity contribution in [3.05, 3.63) is 0 Å². The maximum Gasteiger partial charge on any atom is 0.406 e. The molecule has 0 heterocycles. The van der Waals surface area contributed by atoms with E-state index in [2.05, 4.69) is 0 Å². The normalized spacial score (nSPS) is 20.8. The lowest BCUT2D eigenvalue weighted by molar-refractivity contribution is -0.381. The van der Waals surface area contributed by atoms with Crippen molar-refractivity contribution in [2.45, 2.75) is 70.8 Å². The molecular weight excluding hydrogens is 314 g/mol. The van der Waals surface area contributed by atoms with E-state index in [1.54, 1.807) is 6.92 Å². The van der Waals surface area contributed by atoms with E-state index in [1.165, 1.54) is 6.92 Å². The van der Waals surface area contributed by atoms with E-state index in [4.69, 9.17) is 4.74 Å². The van der Waals surface area contributed by atoms with Crippen LogP contribution in [0.4, 0.5) is 26.3 Å². The summed E-state index contributed by atoms with van der Waals surface area (Å²) in [5.74, 6) is -1.76. The SMILES string of the molecule is CCC(C)C(=O)OC1(C(C)(C(F)(F)F)C(F)(F)F)CCCC1. The summed E-state index contributed by atoms with van der Waals surface area (Å²) >= 11 is 0. The number of alkyl halides is 6. The van der Waals surface area contributed by atoms with Gasteiger partial charge in [-0.05, 0) is 39.0 Å². The largest absolute Gasteiger partial charge is 0.458 e. The third-order valence-electron chi connectivity index (χ3n) is 4.77. The summed E-state index contributed by atoms with van der Waals surface area (Å²) in [5.41, 5.74) is -6.66. The standard InChI is InChI=1S/C14H20F6O2/c1-4-9(2)10(21)22-12(7-5-6-8-12)11(3,13(15,16)17)14(18,19)20/h9H,4-8H2,1-3H3. The van der Waals surface area contributed by atoms with Crippen molar-refractivity contribution in [2.75, 3.05) is 0 Å². The first-order chi connectivity index (χ1) is 9.82. The fourth-order valence-electron chi connectivity index (χ4n) is 2.79. The molecule has 0 aliphatic heterocycles. The van der Waals surface area contributed by atoms with Crippen molar-refractivity contribution in [3.63, 3.8) is 0 Å². The van der Waals surface area contributed by atoms with Gasteiger partial charge >= 0.3 is 18.3 Å². The van der Waals surface area contributed by atoms with Crippen LogP contribution in [0, 0.1) is 11.3 Å². The van der Waals surface area contributed by atoms with Crippen LogP contribution in [-0.4, -0.2) is 23.9 Å². The Bertz CT molecular complexity index is 393. The van der Waals surface area contributed by atoms with Gasteiger partial charge in [0.2, 0.25) is 0 Å². The van der Waals surface area contributed by atoms with Gasteiger partial charge in [-0.2, -0.15) is 26.3 Å². The summed E-state index contributed by atoms with van der Waals surface area (Å²) in [6, 6.07) is 0. The smallest absolute Gasteiger partial charge is 0.406 e. The molecule has 0 aromatic heterocycles. The lowest BCUT2D eigenvalue weighted by Gasteiger charge is -2.47. The highest BCUT2D eigenvalue weighted by Crippen LogP contribution is 2.62. The highest BCUT2D eigenvalue weighted by atomic mass is 19.4. The van der Waals surface area contributed by atoms with Gasteiger partial charge in [-0.3, -0.25) is 4.79 Å². The van der Waals surface area contributed by atoms with Gasteiger partial charge in [0.25, 0.3) is 0 Å². The first-order valence-electron chi connectivity index (χ1n) is 7.18. The zero-order valence-corrected chi connectivity index (χ0v) is 12.7. The molecule has 2 nitrogen and oxygen atoms in total. The molecule has 0 spiro atoms. The number of carbonyl (C=O) groups excluding carboxylic acids is 1. The van der Waals surface area contributed by atoms with Crippen molar-refractivity contribution in [3.8, 4) is 0 Å². The molecule has 0 radical (unpaired) electrons. The number of esters is 1. The fraction of sp³-hybridized carbons (Fsp3) is 0.929. The van der Waals surface area contributed by atoms with Gasteiger partial charge in [-0.25, -0.2) is 0 Å². The lowest BCUT2D eigenvalue weighted by Crippen LogP contribution is -2.63. The van der Waals surface area contributed by atoms with Crippen LogP contribution >= 0.6 is 0 Å².